The summed E-state index contributed by atoms with van der Waals surface area (Å²) in [5.74, 6) is -0.137. The van der Waals surface area contributed by atoms with Crippen LogP contribution in [-0.4, -0.2) is 30.0 Å². The average Bonchev–Trinajstić information content (AvgIpc) is 2.47. The molecule has 0 spiro atoms. The molecule has 0 bridgehead atoms. The highest BCUT2D eigenvalue weighted by Crippen LogP contribution is 2.18. The second kappa shape index (κ2) is 10.6. The molecule has 1 unspecified atom stereocenters. The van der Waals surface area contributed by atoms with Gasteiger partial charge in [0.05, 0.1) is 0 Å². The number of amides is 1. The normalized spacial score (nSPS) is 17.9. The monoisotopic (exact) mass is 309 g/mol. The van der Waals surface area contributed by atoms with Crippen LogP contribution in [-0.2, 0) is 9.53 Å². The third-order valence-corrected chi connectivity index (χ3v) is 3.99. The molecule has 0 aliphatic heterocycles. The van der Waals surface area contributed by atoms with Gasteiger partial charge >= 0.3 is 0 Å². The molecular weight excluding hydrogens is 278 g/mol. The highest BCUT2D eigenvalue weighted by atomic mass is 16.6. The van der Waals surface area contributed by atoms with Gasteiger partial charge in [0.2, 0.25) is 0 Å². The van der Waals surface area contributed by atoms with E-state index in [1.54, 1.807) is 0 Å². The average molecular weight is 309 g/mol. The van der Waals surface area contributed by atoms with E-state index in [9.17, 15) is 4.79 Å². The van der Waals surface area contributed by atoms with Gasteiger partial charge in [0, 0.05) is 6.04 Å². The van der Waals surface area contributed by atoms with E-state index in [1.807, 2.05) is 13.0 Å². The molecule has 1 rings (SSSR count). The van der Waals surface area contributed by atoms with Crippen LogP contribution in [0.15, 0.2) is 23.3 Å². The number of hydrogen-bond donors (Lipinski definition) is 2. The van der Waals surface area contributed by atoms with Gasteiger partial charge in [-0.15, -0.1) is 0 Å². The zero-order chi connectivity index (χ0) is 16.4. The van der Waals surface area contributed by atoms with Gasteiger partial charge in [0.15, 0.2) is 6.10 Å². The first-order valence-electron chi connectivity index (χ1n) is 8.36. The molecule has 0 aromatic heterocycles. The lowest BCUT2D eigenvalue weighted by Gasteiger charge is -2.24. The first kappa shape index (κ1) is 18.9. The molecule has 1 amide bonds. The fraction of sp³-hybridized carbons (Fsp3) is 0.722. The number of aliphatic hydroxyl groups is 1. The summed E-state index contributed by atoms with van der Waals surface area (Å²) in [6.07, 6.45) is 10.9. The Labute approximate surface area is 134 Å². The van der Waals surface area contributed by atoms with Crippen molar-refractivity contribution in [1.29, 1.82) is 0 Å². The molecule has 22 heavy (non-hydrogen) atoms. The number of rotatable bonds is 8. The van der Waals surface area contributed by atoms with Crippen LogP contribution < -0.4 is 5.32 Å². The number of hydrogen-bond acceptors (Lipinski definition) is 3. The summed E-state index contributed by atoms with van der Waals surface area (Å²) in [5.41, 5.74) is 2.40. The molecular formula is C18H31NO3. The van der Waals surface area contributed by atoms with Crippen LogP contribution in [0.2, 0.25) is 0 Å². The Morgan fingerprint density at radius 3 is 2.55 bits per heavy atom. The van der Waals surface area contributed by atoms with E-state index < -0.39 is 12.9 Å². The van der Waals surface area contributed by atoms with Crippen molar-refractivity contribution in [2.75, 3.05) is 6.79 Å². The maximum Gasteiger partial charge on any atom is 0.253 e. The van der Waals surface area contributed by atoms with Crippen molar-refractivity contribution in [2.45, 2.75) is 77.9 Å². The summed E-state index contributed by atoms with van der Waals surface area (Å²) in [7, 11) is 0. The maximum absolute atomic E-state index is 12.3. The Morgan fingerprint density at radius 1 is 1.27 bits per heavy atom. The van der Waals surface area contributed by atoms with Crippen LogP contribution >= 0.6 is 0 Å². The Bertz CT molecular complexity index is 391. The van der Waals surface area contributed by atoms with Crippen LogP contribution in [0.5, 0.6) is 0 Å². The summed E-state index contributed by atoms with van der Waals surface area (Å²) in [6, 6.07) is 0.255. The maximum atomic E-state index is 12.3. The molecule has 2 N–H and O–H groups in total. The zero-order valence-electron chi connectivity index (χ0n) is 14.2. The third kappa shape index (κ3) is 7.76. The molecule has 1 fully saturated rings. The van der Waals surface area contributed by atoms with E-state index in [4.69, 9.17) is 9.84 Å². The van der Waals surface area contributed by atoms with Crippen molar-refractivity contribution >= 4 is 5.91 Å². The summed E-state index contributed by atoms with van der Waals surface area (Å²) in [5, 5.41) is 12.1. The summed E-state index contributed by atoms with van der Waals surface area (Å²) in [6.45, 7) is 5.71. The largest absolute Gasteiger partial charge is 0.371 e. The van der Waals surface area contributed by atoms with Crippen LogP contribution in [0.25, 0.3) is 0 Å². The predicted molar refractivity (Wildman–Crippen MR) is 89.4 cm³/mol. The highest BCUT2D eigenvalue weighted by Gasteiger charge is 2.21. The Hall–Kier alpha value is -1.13. The molecule has 0 radical (unpaired) electrons. The fourth-order valence-corrected chi connectivity index (χ4v) is 2.74. The van der Waals surface area contributed by atoms with Gasteiger partial charge in [-0.25, -0.2) is 0 Å². The minimum absolute atomic E-state index is 0.137. The summed E-state index contributed by atoms with van der Waals surface area (Å²) < 4.78 is 5.20. The first-order chi connectivity index (χ1) is 10.5. The number of nitrogens with one attached hydrogen (secondary N) is 1. The molecule has 0 saturated heterocycles. The van der Waals surface area contributed by atoms with Crippen molar-refractivity contribution in [1.82, 2.24) is 5.32 Å². The van der Waals surface area contributed by atoms with E-state index >= 15 is 0 Å². The van der Waals surface area contributed by atoms with Crippen molar-refractivity contribution in [3.8, 4) is 0 Å². The molecule has 4 heteroatoms. The van der Waals surface area contributed by atoms with Gasteiger partial charge in [0.1, 0.15) is 6.79 Å². The molecule has 1 saturated carbocycles. The van der Waals surface area contributed by atoms with Gasteiger partial charge in [-0.05, 0) is 52.5 Å². The molecule has 126 valence electrons. The predicted octanol–water partition coefficient (Wildman–Crippen LogP) is 3.46. The third-order valence-electron chi connectivity index (χ3n) is 3.99. The Balaban J connectivity index is 2.54. The Morgan fingerprint density at radius 2 is 1.95 bits per heavy atom. The van der Waals surface area contributed by atoms with Crippen LogP contribution in [0.1, 0.15) is 65.7 Å². The fourth-order valence-electron chi connectivity index (χ4n) is 2.74. The Kier molecular flexibility index (Phi) is 9.09. The number of ether oxygens (including phenoxy) is 1. The number of allylic oxidation sites excluding steroid dienone is 3. The smallest absolute Gasteiger partial charge is 0.253 e. The molecule has 4 nitrogen and oxygen atoms in total. The van der Waals surface area contributed by atoms with Crippen LogP contribution in [0, 0.1) is 0 Å². The van der Waals surface area contributed by atoms with Crippen molar-refractivity contribution in [2.24, 2.45) is 0 Å². The van der Waals surface area contributed by atoms with Crippen molar-refractivity contribution < 1.29 is 14.6 Å². The van der Waals surface area contributed by atoms with Crippen molar-refractivity contribution in [3.63, 3.8) is 0 Å². The van der Waals surface area contributed by atoms with E-state index in [2.05, 4.69) is 25.2 Å². The molecule has 0 aromatic rings. The first-order valence-corrected chi connectivity index (χ1v) is 8.36. The lowest BCUT2D eigenvalue weighted by atomic mass is 9.95. The number of carbonyl (C=O) groups excluding carboxylic acids is 1. The van der Waals surface area contributed by atoms with Gasteiger partial charge in [0.25, 0.3) is 5.91 Å². The van der Waals surface area contributed by atoms with E-state index in [-0.39, 0.29) is 11.9 Å². The van der Waals surface area contributed by atoms with Crippen LogP contribution in [0.3, 0.4) is 0 Å². The van der Waals surface area contributed by atoms with Gasteiger partial charge in [-0.1, -0.05) is 36.5 Å². The zero-order valence-corrected chi connectivity index (χ0v) is 14.2. The minimum atomic E-state index is -0.696. The number of carbonyl (C=O) groups is 1. The quantitative estimate of drug-likeness (QED) is 0.533. The highest BCUT2D eigenvalue weighted by molar-refractivity contribution is 5.83. The lowest BCUT2D eigenvalue weighted by Crippen LogP contribution is -2.42. The minimum Gasteiger partial charge on any atom is -0.371 e. The topological polar surface area (TPSA) is 58.6 Å². The van der Waals surface area contributed by atoms with Gasteiger partial charge < -0.3 is 15.2 Å². The second-order valence-electron chi connectivity index (χ2n) is 6.39. The SMILES string of the molecule is CC(C)=CCC/C(C)=C\C(OCO)C(=O)NC1CCCCC1. The van der Waals surface area contributed by atoms with Gasteiger partial charge in [-0.3, -0.25) is 4.79 Å². The summed E-state index contributed by atoms with van der Waals surface area (Å²) >= 11 is 0. The molecule has 0 heterocycles. The lowest BCUT2D eigenvalue weighted by molar-refractivity contribution is -0.136. The van der Waals surface area contributed by atoms with Gasteiger partial charge in [-0.2, -0.15) is 0 Å². The van der Waals surface area contributed by atoms with E-state index in [1.165, 1.54) is 24.8 Å². The van der Waals surface area contributed by atoms with E-state index in [0.717, 1.165) is 31.3 Å². The molecule has 1 aliphatic carbocycles. The molecule has 1 aliphatic rings. The standard InChI is InChI=1S/C18H31NO3/c1-14(2)8-7-9-15(3)12-17(22-13-20)18(21)19-16-10-5-4-6-11-16/h8,12,16-17,20H,4-7,9-11,13H2,1-3H3,(H,19,21)/b15-12-. The second-order valence-corrected chi connectivity index (χ2v) is 6.39. The van der Waals surface area contributed by atoms with Crippen molar-refractivity contribution in [3.05, 3.63) is 23.3 Å². The number of aliphatic hydroxyl groups excluding tert-OH is 1. The molecule has 0 aromatic carbocycles. The molecule has 1 atom stereocenters. The van der Waals surface area contributed by atoms with Crippen LogP contribution in [0.4, 0.5) is 0 Å². The summed E-state index contributed by atoms with van der Waals surface area (Å²) in [4.78, 5) is 12.3. The van der Waals surface area contributed by atoms with E-state index in [0.29, 0.717) is 0 Å².